The summed E-state index contributed by atoms with van der Waals surface area (Å²) in [5, 5.41) is 6.00. The number of nitrogens with two attached hydrogens (primary N) is 1. The van der Waals surface area contributed by atoms with Gasteiger partial charge in [0.25, 0.3) is 11.8 Å². The molecule has 4 bridgehead atoms. The molecule has 0 radical (unpaired) electrons. The molecule has 4 saturated carbocycles. The van der Waals surface area contributed by atoms with Crippen LogP contribution < -0.4 is 20.5 Å². The van der Waals surface area contributed by atoms with E-state index in [4.69, 9.17) is 44.6 Å². The standard InChI is InChI=1S/C60H68N12O6/c1-5-67-48(20-34-7-6-15-62-55(34)67)58-66-44-19-39(23-50(77-4)54(44)72(58)41-24-42(25-41)75-2)60(74)70-30-36-11-13-46(70)52(36)64-40-17-37-21-47(68(27-32-8-9-32)56(37)63-26-40)57-65-43-18-38(59(73)69-29-35-10-12-45(69)51(35)61)22-49(76-3)53(43)71(57)28-33-14-16-78-31-33/h6-7,15,17-23,26,32-33,35-36,41-42,45-46,51-52,64H,5,8-14,16,24-25,27-31,61H2,1-4H3/t33?,35-,36-,41-,42+,45-,46-,51-,52-/m1/s1. The zero-order chi connectivity index (χ0) is 52.7. The van der Waals surface area contributed by atoms with Gasteiger partial charge in [-0.05, 0) is 137 Å². The number of carbonyl (C=O) groups excluding carboxylic acids is 2. The molecule has 2 amide bonds. The molecule has 404 valence electrons. The molecule has 7 aliphatic rings. The number of imidazole rings is 2. The van der Waals surface area contributed by atoms with Crippen LogP contribution >= 0.6 is 0 Å². The summed E-state index contributed by atoms with van der Waals surface area (Å²) < 4.78 is 33.2. The van der Waals surface area contributed by atoms with Crippen molar-refractivity contribution >= 4 is 61.6 Å². The molecular weight excluding hydrogens is 985 g/mol. The van der Waals surface area contributed by atoms with Gasteiger partial charge >= 0.3 is 0 Å². The predicted octanol–water partition coefficient (Wildman–Crippen LogP) is 8.53. The van der Waals surface area contributed by atoms with E-state index in [1.165, 1.54) is 12.8 Å². The van der Waals surface area contributed by atoms with Crippen LogP contribution in [0.4, 0.5) is 5.69 Å². The molecule has 3 aliphatic heterocycles. The van der Waals surface area contributed by atoms with Crippen molar-refractivity contribution < 1.29 is 28.5 Å². The van der Waals surface area contributed by atoms with E-state index < -0.39 is 0 Å². The number of hydrogen-bond acceptors (Lipinski definition) is 12. The van der Waals surface area contributed by atoms with Crippen LogP contribution in [0.5, 0.6) is 11.5 Å². The molecule has 7 atom stereocenters. The molecule has 78 heavy (non-hydrogen) atoms. The van der Waals surface area contributed by atoms with E-state index in [-0.39, 0.29) is 54.0 Å². The van der Waals surface area contributed by atoms with E-state index in [1.807, 2.05) is 47.6 Å². The predicted molar refractivity (Wildman–Crippen MR) is 297 cm³/mol. The summed E-state index contributed by atoms with van der Waals surface area (Å²) in [7, 11) is 5.14. The van der Waals surface area contributed by atoms with Gasteiger partial charge in [0.15, 0.2) is 11.6 Å². The number of piperidine rings is 2. The molecule has 3 N–H and O–H groups in total. The highest BCUT2D eigenvalue weighted by atomic mass is 16.5. The molecule has 3 saturated heterocycles. The number of pyridine rings is 2. The highest BCUT2D eigenvalue weighted by Crippen LogP contribution is 2.47. The van der Waals surface area contributed by atoms with Gasteiger partial charge < -0.3 is 58.1 Å². The van der Waals surface area contributed by atoms with Gasteiger partial charge in [-0.25, -0.2) is 19.9 Å². The largest absolute Gasteiger partial charge is 0.494 e. The number of aromatic nitrogens is 8. The van der Waals surface area contributed by atoms with Crippen molar-refractivity contribution in [2.75, 3.05) is 52.9 Å². The third kappa shape index (κ3) is 7.59. The average molecular weight is 1050 g/mol. The van der Waals surface area contributed by atoms with Crippen LogP contribution in [0.2, 0.25) is 0 Å². The highest BCUT2D eigenvalue weighted by molar-refractivity contribution is 6.02. The molecule has 18 nitrogen and oxygen atoms in total. The summed E-state index contributed by atoms with van der Waals surface area (Å²) in [5.74, 6) is 4.42. The first kappa shape index (κ1) is 48.1. The number of methoxy groups -OCH3 is 3. The van der Waals surface area contributed by atoms with E-state index in [2.05, 4.69) is 59.7 Å². The van der Waals surface area contributed by atoms with Gasteiger partial charge in [0.1, 0.15) is 33.8 Å². The Balaban J connectivity index is 0.748. The van der Waals surface area contributed by atoms with E-state index in [9.17, 15) is 9.59 Å². The average Bonchev–Trinajstić information content (AvgIpc) is 4.28. The zero-order valence-electron chi connectivity index (χ0n) is 44.9. The SMILES string of the molecule is CCn1c(-c2nc3cc(C(=O)N4C[C@H]5CC[C@@H]4[C@@H]5Nc4cnc5c(c4)cc(-c4nc6cc(C(=O)N7C[C@H]8CC[C@@H]7[C@@H]8N)cc(OC)c6n4CC4CCOC4)n5CC4CC4)cc(OC)c3n2[C@H]2C[C@@H](OC)C2)cc2cccnc21. The molecule has 8 aromatic rings. The lowest BCUT2D eigenvalue weighted by atomic mass is 9.88. The highest BCUT2D eigenvalue weighted by Gasteiger charge is 2.50. The third-order valence-electron chi connectivity index (χ3n) is 19.1. The van der Waals surface area contributed by atoms with Crippen molar-refractivity contribution in [3.05, 3.63) is 78.1 Å². The topological polar surface area (TPSA) is 187 Å². The zero-order valence-corrected chi connectivity index (χ0v) is 44.9. The number of nitrogens with zero attached hydrogens (tertiary/aromatic N) is 10. The van der Waals surface area contributed by atoms with E-state index in [1.54, 1.807) is 21.3 Å². The molecule has 6 aromatic heterocycles. The second kappa shape index (κ2) is 18.5. The van der Waals surface area contributed by atoms with Crippen molar-refractivity contribution in [1.82, 2.24) is 48.0 Å². The summed E-state index contributed by atoms with van der Waals surface area (Å²) in [6.45, 7) is 7.18. The lowest BCUT2D eigenvalue weighted by Gasteiger charge is -2.36. The molecular formula is C60H68N12O6. The monoisotopic (exact) mass is 1050 g/mol. The van der Waals surface area contributed by atoms with Crippen LogP contribution in [0.25, 0.3) is 67.2 Å². The van der Waals surface area contributed by atoms with E-state index in [0.29, 0.717) is 66.6 Å². The Labute approximate surface area is 452 Å². The normalized spacial score (nSPS) is 26.4. The number of likely N-dealkylation sites (tertiary alicyclic amines) is 2. The first-order valence-corrected chi connectivity index (χ1v) is 28.5. The first-order chi connectivity index (χ1) is 38.2. The van der Waals surface area contributed by atoms with E-state index >= 15 is 0 Å². The van der Waals surface area contributed by atoms with Crippen LogP contribution in [0, 0.1) is 23.7 Å². The number of aryl methyl sites for hydroxylation is 1. The molecule has 15 rings (SSSR count). The van der Waals surface area contributed by atoms with Crippen LogP contribution in [0.3, 0.4) is 0 Å². The number of benzene rings is 2. The number of carbonyl (C=O) groups is 2. The van der Waals surface area contributed by atoms with Gasteiger partial charge in [-0.3, -0.25) is 9.59 Å². The Kier molecular flexibility index (Phi) is 11.4. The number of anilines is 1. The van der Waals surface area contributed by atoms with Crippen molar-refractivity contribution in [3.8, 4) is 34.5 Å². The maximum atomic E-state index is 15.0. The number of hydrogen-bond donors (Lipinski definition) is 2. The summed E-state index contributed by atoms with van der Waals surface area (Å²) in [6.07, 6.45) is 13.0. The van der Waals surface area contributed by atoms with Crippen LogP contribution in [0.15, 0.2) is 67.0 Å². The minimum absolute atomic E-state index is 0.000300. The van der Waals surface area contributed by atoms with Gasteiger partial charge in [-0.1, -0.05) is 0 Å². The number of nitrogens with one attached hydrogen (secondary N) is 1. The quantitative estimate of drug-likeness (QED) is 0.0999. The smallest absolute Gasteiger partial charge is 0.254 e. The number of ether oxygens (including phenoxy) is 4. The minimum atomic E-state index is -0.0111. The molecule has 9 heterocycles. The van der Waals surface area contributed by atoms with Gasteiger partial charge in [0.2, 0.25) is 0 Å². The summed E-state index contributed by atoms with van der Waals surface area (Å²) >= 11 is 0. The molecule has 2 aromatic carbocycles. The fourth-order valence-corrected chi connectivity index (χ4v) is 14.8. The van der Waals surface area contributed by atoms with Crippen molar-refractivity contribution in [3.63, 3.8) is 0 Å². The molecule has 1 unspecified atom stereocenters. The van der Waals surface area contributed by atoms with Gasteiger partial charge in [-0.15, -0.1) is 0 Å². The summed E-state index contributed by atoms with van der Waals surface area (Å²) in [5.41, 5.74) is 15.7. The number of rotatable bonds is 15. The number of amides is 2. The Morgan fingerprint density at radius 2 is 1.40 bits per heavy atom. The van der Waals surface area contributed by atoms with E-state index in [0.717, 1.165) is 137 Å². The van der Waals surface area contributed by atoms with Crippen LogP contribution in [-0.4, -0.2) is 138 Å². The Bertz CT molecular complexity index is 3710. The lowest BCUT2D eigenvalue weighted by Crippen LogP contribution is -2.41. The van der Waals surface area contributed by atoms with Gasteiger partial charge in [-0.2, -0.15) is 0 Å². The number of fused-ring (bicyclic) bond motifs is 8. The molecule has 4 aliphatic carbocycles. The van der Waals surface area contributed by atoms with Gasteiger partial charge in [0.05, 0.1) is 73.3 Å². The Hall–Kier alpha value is -7.02. The first-order valence-electron chi connectivity index (χ1n) is 28.5. The summed E-state index contributed by atoms with van der Waals surface area (Å²) in [4.78, 5) is 54.0. The Morgan fingerprint density at radius 1 is 0.718 bits per heavy atom. The van der Waals surface area contributed by atoms with Crippen LogP contribution in [0.1, 0.15) is 91.5 Å². The summed E-state index contributed by atoms with van der Waals surface area (Å²) in [6, 6.07) is 18.8. The van der Waals surface area contributed by atoms with Gasteiger partial charge in [0, 0.05) is 98.6 Å². The molecule has 7 fully saturated rings. The maximum absolute atomic E-state index is 15.0. The minimum Gasteiger partial charge on any atom is -0.494 e. The lowest BCUT2D eigenvalue weighted by molar-refractivity contribution is 0.00771. The van der Waals surface area contributed by atoms with Crippen LogP contribution in [-0.2, 0) is 29.1 Å². The fraction of sp³-hybridized carbons (Fsp3) is 0.500. The Morgan fingerprint density at radius 3 is 2.10 bits per heavy atom. The second-order valence-electron chi connectivity index (χ2n) is 23.5. The molecule has 0 spiro atoms. The van der Waals surface area contributed by atoms with Crippen molar-refractivity contribution in [1.29, 1.82) is 0 Å². The second-order valence-corrected chi connectivity index (χ2v) is 23.5. The van der Waals surface area contributed by atoms with Crippen molar-refractivity contribution in [2.24, 2.45) is 29.4 Å². The third-order valence-corrected chi connectivity index (χ3v) is 19.1. The van der Waals surface area contributed by atoms with Crippen molar-refractivity contribution in [2.45, 2.75) is 121 Å². The maximum Gasteiger partial charge on any atom is 0.254 e. The fourth-order valence-electron chi connectivity index (χ4n) is 14.8. The molecule has 18 heteroatoms.